The fourth-order valence-corrected chi connectivity index (χ4v) is 4.26. The van der Waals surface area contributed by atoms with Crippen LogP contribution in [-0.2, 0) is 17.5 Å². The minimum Gasteiger partial charge on any atom is -0.393 e. The number of aromatic nitrogens is 1. The molecule has 1 saturated heterocycles. The van der Waals surface area contributed by atoms with Crippen LogP contribution >= 0.6 is 0 Å². The predicted molar refractivity (Wildman–Crippen MR) is 109 cm³/mol. The summed E-state index contributed by atoms with van der Waals surface area (Å²) in [6.45, 7) is 1.21. The fraction of sp³-hybridized carbons (Fsp3) is 0.545. The first-order chi connectivity index (χ1) is 15.7. The van der Waals surface area contributed by atoms with Gasteiger partial charge in [0.25, 0.3) is 5.91 Å². The highest BCUT2D eigenvalue weighted by atomic mass is 19.4. The Morgan fingerprint density at radius 2 is 2.03 bits per heavy atom. The van der Waals surface area contributed by atoms with Gasteiger partial charge in [0.05, 0.1) is 18.3 Å². The molecule has 11 heteroatoms. The summed E-state index contributed by atoms with van der Waals surface area (Å²) in [6.07, 6.45) is -1.97. The molecule has 2 aromatic rings. The van der Waals surface area contributed by atoms with Gasteiger partial charge in [0.15, 0.2) is 11.5 Å². The summed E-state index contributed by atoms with van der Waals surface area (Å²) in [7, 11) is 0. The summed E-state index contributed by atoms with van der Waals surface area (Å²) >= 11 is 0. The molecule has 1 saturated carbocycles. The summed E-state index contributed by atoms with van der Waals surface area (Å²) in [5, 5.41) is 19.8. The topological polar surface area (TPSA) is 96.6 Å². The molecule has 7 nitrogen and oxygen atoms in total. The highest BCUT2D eigenvalue weighted by molar-refractivity contribution is 5.95. The first-order valence-electron chi connectivity index (χ1n) is 10.9. The van der Waals surface area contributed by atoms with E-state index in [1.165, 1.54) is 0 Å². The molecule has 0 unspecified atom stereocenters. The number of amides is 1. The summed E-state index contributed by atoms with van der Waals surface area (Å²) in [5.74, 6) is -1.94. The second-order valence-corrected chi connectivity index (χ2v) is 8.46. The molecular formula is C22H25F4N3O4. The number of benzene rings is 1. The average molecular weight is 471 g/mol. The van der Waals surface area contributed by atoms with Gasteiger partial charge in [-0.3, -0.25) is 4.79 Å². The van der Waals surface area contributed by atoms with Crippen LogP contribution < -0.4 is 10.6 Å². The first-order valence-corrected chi connectivity index (χ1v) is 10.9. The van der Waals surface area contributed by atoms with Crippen molar-refractivity contribution in [2.75, 3.05) is 13.2 Å². The van der Waals surface area contributed by atoms with Crippen molar-refractivity contribution in [3.8, 4) is 11.3 Å². The van der Waals surface area contributed by atoms with E-state index in [1.54, 1.807) is 0 Å². The minimum absolute atomic E-state index is 0.0165. The first kappa shape index (κ1) is 23.7. The number of halogens is 4. The third kappa shape index (κ3) is 5.53. The Bertz CT molecular complexity index is 989. The SMILES string of the molecule is O=C(N[C@@H]1CCC[C@H](O)C1)c1noc(-c2ccc(C(F)(F)F)c(F)c2)c1CN[C@@H]1CCOC1. The molecule has 3 atom stereocenters. The molecule has 3 N–H and O–H groups in total. The molecule has 180 valence electrons. The van der Waals surface area contributed by atoms with Gasteiger partial charge in [0.2, 0.25) is 0 Å². The molecule has 1 aromatic carbocycles. The van der Waals surface area contributed by atoms with Crippen LogP contribution in [0.2, 0.25) is 0 Å². The molecular weight excluding hydrogens is 446 g/mol. The molecule has 2 heterocycles. The van der Waals surface area contributed by atoms with Crippen LogP contribution in [0.25, 0.3) is 11.3 Å². The number of carbonyl (C=O) groups is 1. The number of carbonyl (C=O) groups excluding carboxylic acids is 1. The number of nitrogens with zero attached hydrogens (tertiary/aromatic N) is 1. The highest BCUT2D eigenvalue weighted by Gasteiger charge is 2.35. The lowest BCUT2D eigenvalue weighted by Crippen LogP contribution is -2.40. The Morgan fingerprint density at radius 3 is 2.70 bits per heavy atom. The van der Waals surface area contributed by atoms with Crippen molar-refractivity contribution in [3.05, 3.63) is 40.8 Å². The van der Waals surface area contributed by atoms with Crippen molar-refractivity contribution in [2.24, 2.45) is 0 Å². The maximum absolute atomic E-state index is 14.2. The zero-order chi connectivity index (χ0) is 23.6. The Kier molecular flexibility index (Phi) is 7.01. The third-order valence-corrected chi connectivity index (χ3v) is 6.02. The smallest absolute Gasteiger partial charge is 0.393 e. The largest absolute Gasteiger partial charge is 0.419 e. The van der Waals surface area contributed by atoms with Crippen molar-refractivity contribution in [2.45, 2.75) is 63.0 Å². The standard InChI is InChI=1S/C22H25F4N3O4/c23-18-8-12(4-5-17(18)22(24,25)26)20-16(10-27-14-6-7-32-11-14)19(29-33-20)21(31)28-13-2-1-3-15(30)9-13/h4-5,8,13-15,27,30H,1-3,6-7,9-11H2,(H,28,31)/t13-,14-,15+/m1/s1. The maximum Gasteiger partial charge on any atom is 0.419 e. The number of aliphatic hydroxyl groups excluding tert-OH is 1. The van der Waals surface area contributed by atoms with Gasteiger partial charge < -0.3 is 25.0 Å². The predicted octanol–water partition coefficient (Wildman–Crippen LogP) is 3.41. The molecule has 2 fully saturated rings. The zero-order valence-electron chi connectivity index (χ0n) is 17.8. The molecule has 1 aromatic heterocycles. The second-order valence-electron chi connectivity index (χ2n) is 8.46. The lowest BCUT2D eigenvalue weighted by molar-refractivity contribution is -0.139. The van der Waals surface area contributed by atoms with Crippen LogP contribution in [0.4, 0.5) is 17.6 Å². The van der Waals surface area contributed by atoms with Crippen LogP contribution in [0.3, 0.4) is 0 Å². The Morgan fingerprint density at radius 1 is 1.21 bits per heavy atom. The quantitative estimate of drug-likeness (QED) is 0.559. The van der Waals surface area contributed by atoms with Crippen molar-refractivity contribution in [1.29, 1.82) is 0 Å². The molecule has 2 aliphatic rings. The van der Waals surface area contributed by atoms with Crippen molar-refractivity contribution < 1.29 is 36.7 Å². The second kappa shape index (κ2) is 9.78. The van der Waals surface area contributed by atoms with E-state index in [1.807, 2.05) is 0 Å². The Balaban J connectivity index is 1.61. The van der Waals surface area contributed by atoms with E-state index in [0.29, 0.717) is 44.1 Å². The van der Waals surface area contributed by atoms with Crippen LogP contribution in [0.5, 0.6) is 0 Å². The van der Waals surface area contributed by atoms with Crippen molar-refractivity contribution in [3.63, 3.8) is 0 Å². The maximum atomic E-state index is 14.2. The molecule has 1 aliphatic heterocycles. The van der Waals surface area contributed by atoms with E-state index in [4.69, 9.17) is 9.26 Å². The average Bonchev–Trinajstić information content (AvgIpc) is 3.41. The number of rotatable bonds is 6. The molecule has 4 rings (SSSR count). The van der Waals surface area contributed by atoms with Gasteiger partial charge >= 0.3 is 6.18 Å². The number of aliphatic hydroxyl groups is 1. The number of hydrogen-bond donors (Lipinski definition) is 3. The van der Waals surface area contributed by atoms with Gasteiger partial charge in [-0.05, 0) is 44.2 Å². The Labute approximate surface area is 187 Å². The molecule has 1 amide bonds. The lowest BCUT2D eigenvalue weighted by Gasteiger charge is -2.26. The van der Waals surface area contributed by atoms with Gasteiger partial charge in [-0.15, -0.1) is 0 Å². The number of ether oxygens (including phenoxy) is 1. The van der Waals surface area contributed by atoms with Gasteiger partial charge in [-0.1, -0.05) is 11.2 Å². The highest BCUT2D eigenvalue weighted by Crippen LogP contribution is 2.35. The molecule has 0 radical (unpaired) electrons. The minimum atomic E-state index is -4.83. The van der Waals surface area contributed by atoms with Gasteiger partial charge in [-0.25, -0.2) is 4.39 Å². The van der Waals surface area contributed by atoms with E-state index in [-0.39, 0.29) is 35.6 Å². The van der Waals surface area contributed by atoms with Crippen LogP contribution in [-0.4, -0.2) is 47.6 Å². The molecule has 1 aliphatic carbocycles. The molecule has 0 spiro atoms. The lowest BCUT2D eigenvalue weighted by atomic mass is 9.93. The molecule has 0 bridgehead atoms. The zero-order valence-corrected chi connectivity index (χ0v) is 17.8. The van der Waals surface area contributed by atoms with Gasteiger partial charge in [0.1, 0.15) is 5.82 Å². The summed E-state index contributed by atoms with van der Waals surface area (Å²) < 4.78 is 63.7. The van der Waals surface area contributed by atoms with Crippen molar-refractivity contribution in [1.82, 2.24) is 15.8 Å². The Hall–Kier alpha value is -2.50. The van der Waals surface area contributed by atoms with E-state index in [9.17, 15) is 27.5 Å². The van der Waals surface area contributed by atoms with Crippen molar-refractivity contribution >= 4 is 5.91 Å². The molecule has 33 heavy (non-hydrogen) atoms. The van der Waals surface area contributed by atoms with Crippen LogP contribution in [0.1, 0.15) is 53.7 Å². The van der Waals surface area contributed by atoms with Crippen LogP contribution in [0.15, 0.2) is 22.7 Å². The monoisotopic (exact) mass is 471 g/mol. The normalized spacial score (nSPS) is 23.6. The summed E-state index contributed by atoms with van der Waals surface area (Å²) in [6, 6.07) is 2.26. The van der Waals surface area contributed by atoms with E-state index < -0.39 is 29.6 Å². The third-order valence-electron chi connectivity index (χ3n) is 6.02. The van der Waals surface area contributed by atoms with Gasteiger partial charge in [-0.2, -0.15) is 13.2 Å². The number of hydrogen-bond acceptors (Lipinski definition) is 6. The fourth-order valence-electron chi connectivity index (χ4n) is 4.26. The summed E-state index contributed by atoms with van der Waals surface area (Å²) in [4.78, 5) is 12.9. The van der Waals surface area contributed by atoms with E-state index in [0.717, 1.165) is 25.0 Å². The summed E-state index contributed by atoms with van der Waals surface area (Å²) in [5.41, 5.74) is -1.06. The van der Waals surface area contributed by atoms with E-state index in [2.05, 4.69) is 15.8 Å². The van der Waals surface area contributed by atoms with Crippen LogP contribution in [0, 0.1) is 5.82 Å². The van der Waals surface area contributed by atoms with Gasteiger partial charge in [0, 0.05) is 36.4 Å². The van der Waals surface area contributed by atoms with E-state index >= 15 is 0 Å². The number of alkyl halides is 3. The number of nitrogens with one attached hydrogen (secondary N) is 2.